The molecular weight excluding hydrogens is 446 g/mol. The second kappa shape index (κ2) is 10.5. The average Bonchev–Trinajstić information content (AvgIpc) is 3.17. The molecule has 0 fully saturated rings. The van der Waals surface area contributed by atoms with Gasteiger partial charge in [0.05, 0.1) is 18.3 Å². The largest absolute Gasteiger partial charge is 0.481 e. The van der Waals surface area contributed by atoms with Crippen molar-refractivity contribution in [2.24, 2.45) is 11.8 Å². The molecule has 0 radical (unpaired) electrons. The molecule has 35 heavy (non-hydrogen) atoms. The normalized spacial score (nSPS) is 22.9. The molecule has 1 aliphatic heterocycles. The number of aliphatic carboxylic acids is 1. The van der Waals surface area contributed by atoms with Crippen LogP contribution in [0.2, 0.25) is 0 Å². The van der Waals surface area contributed by atoms with Crippen LogP contribution in [-0.2, 0) is 38.6 Å². The highest BCUT2D eigenvalue weighted by atomic mass is 16.4. The van der Waals surface area contributed by atoms with E-state index in [1.807, 2.05) is 61.0 Å². The minimum absolute atomic E-state index is 0.0594. The number of carbonyl (C=O) groups excluding carboxylic acids is 3. The van der Waals surface area contributed by atoms with Gasteiger partial charge >= 0.3 is 5.97 Å². The molecule has 186 valence electrons. The maximum absolute atomic E-state index is 13.4. The number of aromatic nitrogens is 1. The van der Waals surface area contributed by atoms with Crippen LogP contribution in [0.5, 0.6) is 0 Å². The summed E-state index contributed by atoms with van der Waals surface area (Å²) in [7, 11) is 0. The van der Waals surface area contributed by atoms with Crippen LogP contribution in [-0.4, -0.2) is 45.3 Å². The minimum Gasteiger partial charge on any atom is -0.481 e. The summed E-state index contributed by atoms with van der Waals surface area (Å²) in [6, 6.07) is 10.1. The smallest absolute Gasteiger partial charge is 0.308 e. The van der Waals surface area contributed by atoms with Crippen molar-refractivity contribution in [3.05, 3.63) is 59.4 Å². The molecule has 0 bridgehead atoms. The first-order valence-corrected chi connectivity index (χ1v) is 12.4. The predicted molar refractivity (Wildman–Crippen MR) is 130 cm³/mol. The van der Waals surface area contributed by atoms with Crippen molar-refractivity contribution in [2.45, 2.75) is 70.5 Å². The van der Waals surface area contributed by atoms with Gasteiger partial charge in [0.1, 0.15) is 11.8 Å². The Morgan fingerprint density at radius 2 is 1.91 bits per heavy atom. The van der Waals surface area contributed by atoms with E-state index in [1.54, 1.807) is 0 Å². The van der Waals surface area contributed by atoms with E-state index in [0.717, 1.165) is 16.8 Å². The van der Waals surface area contributed by atoms with Crippen LogP contribution in [0.25, 0.3) is 0 Å². The maximum Gasteiger partial charge on any atom is 0.308 e. The number of carbonyl (C=O) groups is 4. The summed E-state index contributed by atoms with van der Waals surface area (Å²) in [5.74, 6) is -3.15. The third kappa shape index (κ3) is 5.31. The third-order valence-electron chi connectivity index (χ3n) is 7.42. The molecule has 2 aromatic rings. The van der Waals surface area contributed by atoms with Gasteiger partial charge in [0.25, 0.3) is 0 Å². The molecule has 2 heterocycles. The number of Topliss-reactive ketones (excluding diaryl/α,β-unsaturated/α-hetero) is 1. The van der Waals surface area contributed by atoms with E-state index in [0.29, 0.717) is 19.3 Å². The molecule has 3 N–H and O–H groups in total. The average molecular weight is 480 g/mol. The first-order valence-electron chi connectivity index (χ1n) is 12.4. The number of nitrogens with zero attached hydrogens (tertiary/aromatic N) is 1. The maximum atomic E-state index is 13.4. The fourth-order valence-electron chi connectivity index (χ4n) is 5.30. The topological polar surface area (TPSA) is 118 Å². The van der Waals surface area contributed by atoms with Crippen LogP contribution < -0.4 is 10.6 Å². The first kappa shape index (κ1) is 24.7. The number of rotatable bonds is 8. The number of hydrogen-bond donors (Lipinski definition) is 3. The Hall–Kier alpha value is -3.42. The van der Waals surface area contributed by atoms with Crippen LogP contribution in [0.4, 0.5) is 0 Å². The molecule has 1 aliphatic carbocycles. The molecule has 8 heteroatoms. The number of nitrogens with one attached hydrogen (secondary N) is 2. The zero-order valence-electron chi connectivity index (χ0n) is 20.2. The molecule has 1 unspecified atom stereocenters. The number of benzene rings is 1. The Morgan fingerprint density at radius 1 is 1.17 bits per heavy atom. The van der Waals surface area contributed by atoms with Gasteiger partial charge < -0.3 is 20.3 Å². The van der Waals surface area contributed by atoms with Crippen molar-refractivity contribution in [2.75, 3.05) is 0 Å². The van der Waals surface area contributed by atoms with Gasteiger partial charge in [-0.15, -0.1) is 0 Å². The summed E-state index contributed by atoms with van der Waals surface area (Å²) in [6.45, 7) is 4.14. The van der Waals surface area contributed by atoms with Crippen molar-refractivity contribution >= 4 is 23.6 Å². The zero-order valence-corrected chi connectivity index (χ0v) is 20.2. The monoisotopic (exact) mass is 479 g/mol. The molecule has 2 amide bonds. The highest BCUT2D eigenvalue weighted by molar-refractivity contribution is 5.93. The van der Waals surface area contributed by atoms with Gasteiger partial charge in [-0.25, -0.2) is 0 Å². The molecule has 1 aromatic carbocycles. The van der Waals surface area contributed by atoms with E-state index >= 15 is 0 Å². The van der Waals surface area contributed by atoms with E-state index in [2.05, 4.69) is 10.6 Å². The third-order valence-corrected chi connectivity index (χ3v) is 7.42. The van der Waals surface area contributed by atoms with Crippen LogP contribution >= 0.6 is 0 Å². The molecule has 4 rings (SSSR count). The van der Waals surface area contributed by atoms with Gasteiger partial charge in [-0.2, -0.15) is 0 Å². The SMILES string of the molecule is CC[C@H](C)[C@H](NC(=O)Cc1ccccc1)C(=O)N[C@H]1CCc2ccn3c2C1C(=O)C[C@H](C(=O)O)C3. The van der Waals surface area contributed by atoms with Crippen molar-refractivity contribution in [3.63, 3.8) is 0 Å². The second-order valence-electron chi connectivity index (χ2n) is 9.81. The van der Waals surface area contributed by atoms with E-state index in [-0.39, 0.29) is 42.9 Å². The molecule has 2 aliphatic rings. The predicted octanol–water partition coefficient (Wildman–Crippen LogP) is 2.45. The summed E-state index contributed by atoms with van der Waals surface area (Å²) in [5.41, 5.74) is 2.73. The molecule has 8 nitrogen and oxygen atoms in total. The number of amides is 2. The van der Waals surface area contributed by atoms with Crippen molar-refractivity contribution in [1.82, 2.24) is 15.2 Å². The van der Waals surface area contributed by atoms with Gasteiger partial charge in [0, 0.05) is 30.9 Å². The van der Waals surface area contributed by atoms with Gasteiger partial charge in [0.15, 0.2) is 0 Å². The number of ketones is 1. The van der Waals surface area contributed by atoms with E-state index in [9.17, 15) is 24.3 Å². The Balaban J connectivity index is 1.52. The van der Waals surface area contributed by atoms with Crippen LogP contribution in [0.1, 0.15) is 55.8 Å². The summed E-state index contributed by atoms with van der Waals surface area (Å²) < 4.78 is 1.87. The lowest BCUT2D eigenvalue weighted by atomic mass is 9.79. The van der Waals surface area contributed by atoms with Gasteiger partial charge in [-0.3, -0.25) is 19.2 Å². The van der Waals surface area contributed by atoms with E-state index in [1.165, 1.54) is 0 Å². The summed E-state index contributed by atoms with van der Waals surface area (Å²) in [5, 5.41) is 15.5. The standard InChI is InChI=1S/C27H33N3O5/c1-3-16(2)24(29-22(32)13-17-7-5-4-6-8-17)26(33)28-20-10-9-18-11-12-30-15-19(27(34)35)14-21(31)23(20)25(18)30/h4-8,11-12,16,19-20,23-24H,3,9-10,13-15H2,1-2H3,(H,28,33)(H,29,32)(H,34,35)/t16-,19-,20-,23?,24-/m0/s1. The zero-order chi connectivity index (χ0) is 25.1. The van der Waals surface area contributed by atoms with E-state index in [4.69, 9.17) is 0 Å². The molecule has 0 saturated carbocycles. The Labute approximate surface area is 205 Å². The van der Waals surface area contributed by atoms with Crippen molar-refractivity contribution < 1.29 is 24.3 Å². The number of carboxylic acid groups (broad SMARTS) is 1. The number of hydrogen-bond acceptors (Lipinski definition) is 4. The van der Waals surface area contributed by atoms with Crippen LogP contribution in [0, 0.1) is 11.8 Å². The second-order valence-corrected chi connectivity index (χ2v) is 9.81. The first-order chi connectivity index (χ1) is 16.8. The Morgan fingerprint density at radius 3 is 2.60 bits per heavy atom. The number of aryl methyl sites for hydroxylation is 1. The summed E-state index contributed by atoms with van der Waals surface area (Å²) >= 11 is 0. The number of carboxylic acids is 1. The lowest BCUT2D eigenvalue weighted by Gasteiger charge is -2.34. The van der Waals surface area contributed by atoms with E-state index < -0.39 is 29.9 Å². The molecule has 5 atom stereocenters. The highest BCUT2D eigenvalue weighted by Crippen LogP contribution is 2.38. The van der Waals surface area contributed by atoms with Gasteiger partial charge in [-0.05, 0) is 36.0 Å². The molecule has 1 aromatic heterocycles. The fraction of sp³-hybridized carbons (Fsp3) is 0.481. The summed E-state index contributed by atoms with van der Waals surface area (Å²) in [4.78, 5) is 51.1. The van der Waals surface area contributed by atoms with Gasteiger partial charge in [-0.1, -0.05) is 50.6 Å². The Bertz CT molecular complexity index is 1110. The quantitative estimate of drug-likeness (QED) is 0.538. The highest BCUT2D eigenvalue weighted by Gasteiger charge is 2.43. The van der Waals surface area contributed by atoms with Crippen molar-refractivity contribution in [1.29, 1.82) is 0 Å². The van der Waals surface area contributed by atoms with Gasteiger partial charge in [0.2, 0.25) is 11.8 Å². The minimum atomic E-state index is -0.988. The molecule has 0 saturated heterocycles. The lowest BCUT2D eigenvalue weighted by Crippen LogP contribution is -2.55. The van der Waals surface area contributed by atoms with Crippen LogP contribution in [0.3, 0.4) is 0 Å². The molecule has 0 spiro atoms. The summed E-state index contributed by atoms with van der Waals surface area (Å²) in [6.07, 6.45) is 3.95. The molecular formula is C27H33N3O5. The Kier molecular flexibility index (Phi) is 7.38. The fourth-order valence-corrected chi connectivity index (χ4v) is 5.30. The van der Waals surface area contributed by atoms with Crippen molar-refractivity contribution in [3.8, 4) is 0 Å². The van der Waals surface area contributed by atoms with Crippen LogP contribution in [0.15, 0.2) is 42.6 Å². The lowest BCUT2D eigenvalue weighted by molar-refractivity contribution is -0.144.